The Hall–Kier alpha value is -1.49. The number of aromatic nitrogens is 2. The van der Waals surface area contributed by atoms with E-state index < -0.39 is 0 Å². The van der Waals surface area contributed by atoms with Crippen molar-refractivity contribution in [2.75, 3.05) is 27.2 Å². The summed E-state index contributed by atoms with van der Waals surface area (Å²) in [5, 5.41) is 2.94. The molecule has 0 aromatic carbocycles. The molecule has 0 aliphatic heterocycles. The third-order valence-electron chi connectivity index (χ3n) is 2.63. The third kappa shape index (κ3) is 4.41. The Bertz CT molecular complexity index is 415. The molecule has 5 heteroatoms. The maximum absolute atomic E-state index is 12.0. The van der Waals surface area contributed by atoms with Crippen molar-refractivity contribution >= 4 is 5.91 Å². The molecule has 1 amide bonds. The molecule has 0 saturated heterocycles. The molecular formula is C13H22N4O. The quantitative estimate of drug-likeness (QED) is 0.850. The summed E-state index contributed by atoms with van der Waals surface area (Å²) >= 11 is 0. The van der Waals surface area contributed by atoms with Gasteiger partial charge in [0.05, 0.1) is 11.3 Å². The number of carbonyl (C=O) groups excluding carboxylic acids is 1. The van der Waals surface area contributed by atoms with Crippen LogP contribution in [-0.2, 0) is 0 Å². The van der Waals surface area contributed by atoms with E-state index in [9.17, 15) is 4.79 Å². The van der Waals surface area contributed by atoms with E-state index in [0.717, 1.165) is 6.54 Å². The fourth-order valence-corrected chi connectivity index (χ4v) is 1.94. The third-order valence-corrected chi connectivity index (χ3v) is 2.63. The first-order chi connectivity index (χ1) is 8.32. The number of carbonyl (C=O) groups is 1. The van der Waals surface area contributed by atoms with Crippen LogP contribution in [-0.4, -0.2) is 48.0 Å². The molecule has 100 valence electrons. The number of amides is 1. The molecule has 0 spiro atoms. The van der Waals surface area contributed by atoms with Gasteiger partial charge in [-0.05, 0) is 26.4 Å². The van der Waals surface area contributed by atoms with Crippen molar-refractivity contribution in [2.45, 2.75) is 20.8 Å². The average Bonchev–Trinajstić information content (AvgIpc) is 2.25. The summed E-state index contributed by atoms with van der Waals surface area (Å²) in [6.45, 7) is 7.60. The zero-order chi connectivity index (χ0) is 13.8. The van der Waals surface area contributed by atoms with Crippen LogP contribution in [0.15, 0.2) is 12.5 Å². The summed E-state index contributed by atoms with van der Waals surface area (Å²) in [4.78, 5) is 22.0. The Balaban J connectivity index is 2.59. The number of hydrogen-bond acceptors (Lipinski definition) is 4. The lowest BCUT2D eigenvalue weighted by atomic mass is 9.93. The fraction of sp³-hybridized carbons (Fsp3) is 0.615. The van der Waals surface area contributed by atoms with Crippen LogP contribution in [0.3, 0.4) is 0 Å². The first kappa shape index (κ1) is 14.6. The van der Waals surface area contributed by atoms with Gasteiger partial charge in [-0.2, -0.15) is 0 Å². The highest BCUT2D eigenvalue weighted by molar-refractivity contribution is 5.94. The molecule has 1 aromatic heterocycles. The number of rotatable bonds is 5. The summed E-state index contributed by atoms with van der Waals surface area (Å²) < 4.78 is 0. The van der Waals surface area contributed by atoms with Crippen LogP contribution in [0, 0.1) is 12.3 Å². The normalized spacial score (nSPS) is 11.7. The number of hydrogen-bond donors (Lipinski definition) is 1. The van der Waals surface area contributed by atoms with Crippen molar-refractivity contribution in [2.24, 2.45) is 5.41 Å². The van der Waals surface area contributed by atoms with Gasteiger partial charge < -0.3 is 10.2 Å². The SMILES string of the molecule is Cc1ncncc1C(=O)NCC(C)(C)CN(C)C. The molecule has 1 heterocycles. The molecule has 1 rings (SSSR count). The lowest BCUT2D eigenvalue weighted by Crippen LogP contribution is -2.40. The van der Waals surface area contributed by atoms with Crippen molar-refractivity contribution in [1.82, 2.24) is 20.2 Å². The minimum atomic E-state index is -0.111. The molecule has 0 fully saturated rings. The maximum atomic E-state index is 12.0. The Kier molecular flexibility index (Phi) is 4.78. The van der Waals surface area contributed by atoms with Crippen LogP contribution < -0.4 is 5.32 Å². The Morgan fingerprint density at radius 2 is 2.11 bits per heavy atom. The molecule has 1 aromatic rings. The first-order valence-corrected chi connectivity index (χ1v) is 6.01. The van der Waals surface area contributed by atoms with Crippen molar-refractivity contribution in [1.29, 1.82) is 0 Å². The topological polar surface area (TPSA) is 58.1 Å². The van der Waals surface area contributed by atoms with Gasteiger partial charge in [0.15, 0.2) is 0 Å². The van der Waals surface area contributed by atoms with Gasteiger partial charge in [0.1, 0.15) is 6.33 Å². The molecule has 18 heavy (non-hydrogen) atoms. The van der Waals surface area contributed by atoms with Gasteiger partial charge in [-0.15, -0.1) is 0 Å². The van der Waals surface area contributed by atoms with Crippen LogP contribution >= 0.6 is 0 Å². The second-order valence-corrected chi connectivity index (χ2v) is 5.61. The lowest BCUT2D eigenvalue weighted by molar-refractivity contribution is 0.0927. The molecule has 5 nitrogen and oxygen atoms in total. The Labute approximate surface area is 109 Å². The highest BCUT2D eigenvalue weighted by Crippen LogP contribution is 2.14. The number of nitrogens with one attached hydrogen (secondary N) is 1. The van der Waals surface area contributed by atoms with E-state index >= 15 is 0 Å². The molecule has 0 bridgehead atoms. The monoisotopic (exact) mass is 250 g/mol. The summed E-state index contributed by atoms with van der Waals surface area (Å²) in [6.07, 6.45) is 3.00. The van der Waals surface area contributed by atoms with Gasteiger partial charge >= 0.3 is 0 Å². The first-order valence-electron chi connectivity index (χ1n) is 6.01. The molecule has 0 aliphatic rings. The summed E-state index contributed by atoms with van der Waals surface area (Å²) in [5.41, 5.74) is 1.27. The summed E-state index contributed by atoms with van der Waals surface area (Å²) in [5.74, 6) is -0.111. The molecule has 0 atom stereocenters. The lowest BCUT2D eigenvalue weighted by Gasteiger charge is -2.28. The van der Waals surface area contributed by atoms with Crippen molar-refractivity contribution in [3.63, 3.8) is 0 Å². The fourth-order valence-electron chi connectivity index (χ4n) is 1.94. The molecule has 0 aliphatic carbocycles. The van der Waals surface area contributed by atoms with Crippen molar-refractivity contribution in [3.05, 3.63) is 23.8 Å². The average molecular weight is 250 g/mol. The smallest absolute Gasteiger partial charge is 0.254 e. The van der Waals surface area contributed by atoms with Crippen LogP contribution in [0.4, 0.5) is 0 Å². The van der Waals surface area contributed by atoms with Gasteiger partial charge in [-0.25, -0.2) is 9.97 Å². The number of nitrogens with zero attached hydrogens (tertiary/aromatic N) is 3. The minimum Gasteiger partial charge on any atom is -0.351 e. The van der Waals surface area contributed by atoms with Gasteiger partial charge in [-0.1, -0.05) is 13.8 Å². The van der Waals surface area contributed by atoms with E-state index in [-0.39, 0.29) is 11.3 Å². The van der Waals surface area contributed by atoms with Gasteiger partial charge in [0, 0.05) is 19.3 Å². The summed E-state index contributed by atoms with van der Waals surface area (Å²) in [6, 6.07) is 0. The van der Waals surface area contributed by atoms with E-state index in [1.807, 2.05) is 21.0 Å². The maximum Gasteiger partial charge on any atom is 0.254 e. The van der Waals surface area contributed by atoms with E-state index in [0.29, 0.717) is 17.8 Å². The molecule has 1 N–H and O–H groups in total. The Morgan fingerprint density at radius 3 is 2.67 bits per heavy atom. The second kappa shape index (κ2) is 5.91. The molecule has 0 radical (unpaired) electrons. The predicted molar refractivity (Wildman–Crippen MR) is 71.4 cm³/mol. The van der Waals surface area contributed by atoms with Crippen LogP contribution in [0.1, 0.15) is 29.9 Å². The highest BCUT2D eigenvalue weighted by Gasteiger charge is 2.20. The van der Waals surface area contributed by atoms with Crippen molar-refractivity contribution in [3.8, 4) is 0 Å². The van der Waals surface area contributed by atoms with E-state index in [2.05, 4.69) is 34.0 Å². The second-order valence-electron chi connectivity index (χ2n) is 5.61. The predicted octanol–water partition coefficient (Wildman–Crippen LogP) is 1.10. The zero-order valence-corrected chi connectivity index (χ0v) is 11.8. The standard InChI is InChI=1S/C13H22N4O/c1-10-11(6-14-9-16-10)12(18)15-7-13(2,3)8-17(4)5/h6,9H,7-8H2,1-5H3,(H,15,18). The summed E-state index contributed by atoms with van der Waals surface area (Å²) in [7, 11) is 4.05. The Morgan fingerprint density at radius 1 is 1.44 bits per heavy atom. The molecular weight excluding hydrogens is 228 g/mol. The van der Waals surface area contributed by atoms with E-state index in [4.69, 9.17) is 0 Å². The van der Waals surface area contributed by atoms with Gasteiger partial charge in [0.25, 0.3) is 5.91 Å². The van der Waals surface area contributed by atoms with Crippen LogP contribution in [0.2, 0.25) is 0 Å². The van der Waals surface area contributed by atoms with Gasteiger partial charge in [-0.3, -0.25) is 4.79 Å². The van der Waals surface area contributed by atoms with Crippen LogP contribution in [0.25, 0.3) is 0 Å². The number of aryl methyl sites for hydroxylation is 1. The van der Waals surface area contributed by atoms with Gasteiger partial charge in [0.2, 0.25) is 0 Å². The minimum absolute atomic E-state index is 0.0305. The zero-order valence-electron chi connectivity index (χ0n) is 11.8. The largest absolute Gasteiger partial charge is 0.351 e. The van der Waals surface area contributed by atoms with E-state index in [1.54, 1.807) is 6.20 Å². The molecule has 0 unspecified atom stereocenters. The highest BCUT2D eigenvalue weighted by atomic mass is 16.1. The van der Waals surface area contributed by atoms with Crippen LogP contribution in [0.5, 0.6) is 0 Å². The van der Waals surface area contributed by atoms with Crippen molar-refractivity contribution < 1.29 is 4.79 Å². The molecule has 0 saturated carbocycles. The van der Waals surface area contributed by atoms with E-state index in [1.165, 1.54) is 6.33 Å².